The van der Waals surface area contributed by atoms with Gasteiger partial charge in [0, 0.05) is 37.3 Å². The average Bonchev–Trinajstić information content (AvgIpc) is 3.04. The van der Waals surface area contributed by atoms with Gasteiger partial charge < -0.3 is 19.7 Å². The number of halogens is 2. The van der Waals surface area contributed by atoms with Crippen LogP contribution >= 0.6 is 23.2 Å². The number of methoxy groups -OCH3 is 1. The number of hydrogen-bond donors (Lipinski definition) is 2. The number of allylic oxidation sites excluding steroid dienone is 2. The van der Waals surface area contributed by atoms with E-state index in [1.807, 2.05) is 30.3 Å². The van der Waals surface area contributed by atoms with Gasteiger partial charge in [0.1, 0.15) is 6.61 Å². The summed E-state index contributed by atoms with van der Waals surface area (Å²) in [6.45, 7) is 1.03. The number of hydrogen-bond acceptors (Lipinski definition) is 8. The Bertz CT molecular complexity index is 1480. The Morgan fingerprint density at radius 3 is 1.93 bits per heavy atom. The first kappa shape index (κ1) is 35.4. The van der Waals surface area contributed by atoms with Crippen LogP contribution in [0.25, 0.3) is 12.2 Å². The van der Waals surface area contributed by atoms with Crippen LogP contribution in [0.1, 0.15) is 42.0 Å². The van der Waals surface area contributed by atoms with E-state index in [9.17, 15) is 24.6 Å². The molecule has 0 saturated heterocycles. The van der Waals surface area contributed by atoms with E-state index in [4.69, 9.17) is 32.7 Å². The van der Waals surface area contributed by atoms with E-state index in [0.717, 1.165) is 5.56 Å². The number of benzene rings is 3. The Hall–Kier alpha value is -4.11. The van der Waals surface area contributed by atoms with Gasteiger partial charge in [-0.1, -0.05) is 54.6 Å². The second kappa shape index (κ2) is 18.6. The van der Waals surface area contributed by atoms with Crippen molar-refractivity contribution in [3.8, 4) is 23.0 Å². The molecule has 0 heterocycles. The van der Waals surface area contributed by atoms with Gasteiger partial charge in [-0.15, -0.1) is 23.2 Å². The van der Waals surface area contributed by atoms with Gasteiger partial charge in [0.05, 0.1) is 13.5 Å². The third-order valence-corrected chi connectivity index (χ3v) is 7.25. The molecule has 0 aliphatic rings. The monoisotopic (exact) mass is 653 g/mol. The van der Waals surface area contributed by atoms with Gasteiger partial charge in [0.15, 0.2) is 40.3 Å². The lowest BCUT2D eigenvalue weighted by atomic mass is 9.99. The van der Waals surface area contributed by atoms with Gasteiger partial charge in [-0.05, 0) is 59.5 Å². The summed E-state index contributed by atoms with van der Waals surface area (Å²) in [7, 11) is 1.42. The molecule has 10 heteroatoms. The van der Waals surface area contributed by atoms with Gasteiger partial charge in [0.25, 0.3) is 0 Å². The summed E-state index contributed by atoms with van der Waals surface area (Å²) < 4.78 is 10.7. The Kier molecular flexibility index (Phi) is 14.7. The third-order valence-electron chi connectivity index (χ3n) is 6.91. The second-order valence-electron chi connectivity index (χ2n) is 10.1. The van der Waals surface area contributed by atoms with Gasteiger partial charge in [-0.25, -0.2) is 0 Å². The zero-order valence-corrected chi connectivity index (χ0v) is 26.5. The zero-order chi connectivity index (χ0) is 32.6. The van der Waals surface area contributed by atoms with Crippen molar-refractivity contribution in [3.63, 3.8) is 0 Å². The molecule has 0 radical (unpaired) electrons. The number of ketones is 3. The van der Waals surface area contributed by atoms with Crippen LogP contribution in [0.2, 0.25) is 0 Å². The molecule has 238 valence electrons. The molecule has 1 atom stereocenters. The minimum absolute atomic E-state index is 0.0172. The summed E-state index contributed by atoms with van der Waals surface area (Å²) in [4.78, 5) is 39.6. The smallest absolute Gasteiger partial charge is 0.170 e. The fraction of sp³-hybridized carbons (Fsp3) is 0.286. The van der Waals surface area contributed by atoms with Crippen molar-refractivity contribution in [2.75, 3.05) is 38.6 Å². The number of Topliss-reactive ketones (excluding diaryl/α,β-unsaturated/α-hetero) is 1. The number of alkyl halides is 2. The number of carbonyl (C=O) groups excluding carboxylic acids is 3. The predicted molar refractivity (Wildman–Crippen MR) is 177 cm³/mol. The Balaban J connectivity index is 1.55. The first-order chi connectivity index (χ1) is 21.7. The third kappa shape index (κ3) is 11.7. The van der Waals surface area contributed by atoms with Crippen molar-refractivity contribution in [1.29, 1.82) is 0 Å². The van der Waals surface area contributed by atoms with Gasteiger partial charge in [0.2, 0.25) is 0 Å². The number of nitrogens with zero attached hydrogens (tertiary/aromatic N) is 1. The molecule has 0 fully saturated rings. The lowest BCUT2D eigenvalue weighted by Gasteiger charge is -2.31. The van der Waals surface area contributed by atoms with E-state index >= 15 is 0 Å². The first-order valence-corrected chi connectivity index (χ1v) is 15.5. The predicted octanol–water partition coefficient (Wildman–Crippen LogP) is 6.61. The van der Waals surface area contributed by atoms with Crippen LogP contribution in [0, 0.1) is 0 Å². The van der Waals surface area contributed by atoms with E-state index in [2.05, 4.69) is 4.90 Å². The highest BCUT2D eigenvalue weighted by atomic mass is 35.5. The number of carbonyl (C=O) groups is 3. The molecule has 8 nitrogen and oxygen atoms in total. The summed E-state index contributed by atoms with van der Waals surface area (Å²) >= 11 is 12.1. The maximum Gasteiger partial charge on any atom is 0.170 e. The van der Waals surface area contributed by atoms with Crippen LogP contribution in [0.5, 0.6) is 23.0 Å². The quantitative estimate of drug-likeness (QED) is 0.0844. The van der Waals surface area contributed by atoms with Crippen LogP contribution in [0.15, 0.2) is 78.9 Å². The lowest BCUT2D eigenvalue weighted by molar-refractivity contribution is -0.122. The second-order valence-corrected chi connectivity index (χ2v) is 10.9. The molecular weight excluding hydrogens is 617 g/mol. The average molecular weight is 655 g/mol. The first-order valence-electron chi connectivity index (χ1n) is 14.4. The summed E-state index contributed by atoms with van der Waals surface area (Å²) in [5.41, 5.74) is 2.25. The van der Waals surface area contributed by atoms with Crippen molar-refractivity contribution in [3.05, 3.63) is 95.6 Å². The van der Waals surface area contributed by atoms with E-state index in [-0.39, 0.29) is 54.3 Å². The normalized spacial score (nSPS) is 12.1. The minimum atomic E-state index is -0.413. The Morgan fingerprint density at radius 1 is 0.822 bits per heavy atom. The highest BCUT2D eigenvalue weighted by molar-refractivity contribution is 6.18. The molecule has 1 unspecified atom stereocenters. The maximum absolute atomic E-state index is 12.8. The molecule has 0 aromatic heterocycles. The van der Waals surface area contributed by atoms with E-state index in [0.29, 0.717) is 42.4 Å². The molecular formula is C35H37Cl2NO7. The fourth-order valence-electron chi connectivity index (χ4n) is 4.62. The number of rotatable bonds is 19. The zero-order valence-electron chi connectivity index (χ0n) is 25.0. The van der Waals surface area contributed by atoms with Gasteiger partial charge >= 0.3 is 0 Å². The number of phenols is 2. The van der Waals surface area contributed by atoms with E-state index < -0.39 is 11.6 Å². The van der Waals surface area contributed by atoms with Crippen LogP contribution in [-0.2, 0) is 14.4 Å². The molecule has 2 N–H and O–H groups in total. The van der Waals surface area contributed by atoms with Crippen molar-refractivity contribution >= 4 is 52.7 Å². The summed E-state index contributed by atoms with van der Waals surface area (Å²) in [6.07, 6.45) is 6.06. The molecule has 0 spiro atoms. The summed E-state index contributed by atoms with van der Waals surface area (Å²) in [6, 6.07) is 19.0. The van der Waals surface area contributed by atoms with Crippen LogP contribution in [0.4, 0.5) is 0 Å². The SMILES string of the molecule is COc1cc(C=CC(=O)CC(=O)C=Cc2ccc(O)c(OCC(=O)CCC(c3ccccc3)N(CCCl)CCCl)c2)ccc1O. The summed E-state index contributed by atoms with van der Waals surface area (Å²) in [5, 5.41) is 20.0. The topological polar surface area (TPSA) is 113 Å². The van der Waals surface area contributed by atoms with Crippen LogP contribution < -0.4 is 9.47 Å². The molecule has 3 aromatic rings. The molecule has 3 aromatic carbocycles. The minimum Gasteiger partial charge on any atom is -0.504 e. The fourth-order valence-corrected chi connectivity index (χ4v) is 5.05. The highest BCUT2D eigenvalue weighted by Crippen LogP contribution is 2.29. The number of ether oxygens (including phenoxy) is 2. The van der Waals surface area contributed by atoms with Gasteiger partial charge in [-0.3, -0.25) is 19.3 Å². The van der Waals surface area contributed by atoms with E-state index in [1.54, 1.807) is 18.2 Å². The van der Waals surface area contributed by atoms with Crippen molar-refractivity contribution in [2.24, 2.45) is 0 Å². The highest BCUT2D eigenvalue weighted by Gasteiger charge is 2.21. The molecule has 0 saturated carbocycles. The Morgan fingerprint density at radius 2 is 1.38 bits per heavy atom. The summed E-state index contributed by atoms with van der Waals surface area (Å²) in [5.74, 6) is 0.152. The van der Waals surface area contributed by atoms with Crippen molar-refractivity contribution in [2.45, 2.75) is 25.3 Å². The van der Waals surface area contributed by atoms with Crippen molar-refractivity contribution < 1.29 is 34.1 Å². The molecule has 0 bridgehead atoms. The van der Waals surface area contributed by atoms with Crippen molar-refractivity contribution in [1.82, 2.24) is 4.90 Å². The molecule has 0 aliphatic heterocycles. The van der Waals surface area contributed by atoms with Crippen LogP contribution in [0.3, 0.4) is 0 Å². The molecule has 45 heavy (non-hydrogen) atoms. The lowest BCUT2D eigenvalue weighted by Crippen LogP contribution is -2.33. The van der Waals surface area contributed by atoms with E-state index in [1.165, 1.54) is 49.6 Å². The number of phenolic OH excluding ortho intramolecular Hbond substituents is 2. The van der Waals surface area contributed by atoms with Gasteiger partial charge in [-0.2, -0.15) is 0 Å². The maximum atomic E-state index is 12.8. The Labute approximate surface area is 273 Å². The number of aromatic hydroxyl groups is 2. The molecule has 0 amide bonds. The standard InChI is InChI=1S/C35H37Cl2NO7/c1-44-34-21-25(9-15-32(34)42)7-11-28(39)23-29(40)12-8-26-10-16-33(43)35(22-26)45-24-30(41)13-14-31(27-5-3-2-4-6-27)38(19-17-36)20-18-37/h2-12,15-16,21-22,31,42-43H,13-14,17-20,23-24H2,1H3. The largest absolute Gasteiger partial charge is 0.504 e. The molecule has 0 aliphatic carbocycles. The molecule has 3 rings (SSSR count). The van der Waals surface area contributed by atoms with Crippen LogP contribution in [-0.4, -0.2) is 71.0 Å².